The lowest BCUT2D eigenvalue weighted by Gasteiger charge is -2.26. The van der Waals surface area contributed by atoms with Gasteiger partial charge in [-0.1, -0.05) is 12.1 Å². The summed E-state index contributed by atoms with van der Waals surface area (Å²) >= 11 is 0. The van der Waals surface area contributed by atoms with Gasteiger partial charge in [0.25, 0.3) is 0 Å². The van der Waals surface area contributed by atoms with E-state index in [-0.39, 0.29) is 24.3 Å². The largest absolute Gasteiger partial charge is 0.497 e. The molecule has 0 radical (unpaired) electrons. The number of esters is 2. The van der Waals surface area contributed by atoms with E-state index < -0.39 is 11.9 Å². The molecule has 2 aromatic carbocycles. The molecule has 0 aliphatic carbocycles. The molecule has 0 spiro atoms. The third-order valence-electron chi connectivity index (χ3n) is 4.62. The molecule has 0 unspecified atom stereocenters. The van der Waals surface area contributed by atoms with Crippen LogP contribution in [0.15, 0.2) is 36.4 Å². The Labute approximate surface area is 172 Å². The van der Waals surface area contributed by atoms with Crippen LogP contribution in [0.4, 0.5) is 5.69 Å². The van der Waals surface area contributed by atoms with Crippen molar-refractivity contribution < 1.29 is 23.8 Å². The monoisotopic (exact) mass is 399 g/mol. The zero-order valence-electron chi connectivity index (χ0n) is 17.8. The van der Waals surface area contributed by atoms with E-state index in [4.69, 9.17) is 14.2 Å². The molecular formula is C23H29NO5. The van der Waals surface area contributed by atoms with Crippen molar-refractivity contribution in [3.8, 4) is 16.9 Å². The lowest BCUT2D eigenvalue weighted by atomic mass is 9.96. The number of carbonyl (C=O) groups excluding carboxylic acids is 2. The van der Waals surface area contributed by atoms with Gasteiger partial charge in [0.05, 0.1) is 37.1 Å². The number of nitrogens with zero attached hydrogens (tertiary/aromatic N) is 1. The van der Waals surface area contributed by atoms with Gasteiger partial charge in [-0.25, -0.2) is 9.59 Å². The highest BCUT2D eigenvalue weighted by Gasteiger charge is 2.26. The quantitative estimate of drug-likeness (QED) is 0.576. The van der Waals surface area contributed by atoms with Crippen LogP contribution in [0.3, 0.4) is 0 Å². The van der Waals surface area contributed by atoms with Gasteiger partial charge in [-0.2, -0.15) is 0 Å². The molecule has 29 heavy (non-hydrogen) atoms. The summed E-state index contributed by atoms with van der Waals surface area (Å²) in [7, 11) is 1.61. The fraction of sp³-hybridized carbons (Fsp3) is 0.391. The Morgan fingerprint density at radius 2 is 1.41 bits per heavy atom. The Morgan fingerprint density at radius 1 is 0.828 bits per heavy atom. The number of benzene rings is 2. The molecule has 0 atom stereocenters. The van der Waals surface area contributed by atoms with E-state index in [9.17, 15) is 9.59 Å². The molecule has 0 N–H and O–H groups in total. The molecule has 0 saturated carbocycles. The van der Waals surface area contributed by atoms with Crippen molar-refractivity contribution in [1.29, 1.82) is 0 Å². The van der Waals surface area contributed by atoms with Crippen LogP contribution in [-0.4, -0.2) is 45.4 Å². The molecule has 6 heteroatoms. The topological polar surface area (TPSA) is 65.1 Å². The molecule has 156 valence electrons. The van der Waals surface area contributed by atoms with Crippen LogP contribution >= 0.6 is 0 Å². The van der Waals surface area contributed by atoms with Crippen molar-refractivity contribution in [1.82, 2.24) is 0 Å². The van der Waals surface area contributed by atoms with E-state index in [1.54, 1.807) is 27.0 Å². The second-order valence-corrected chi connectivity index (χ2v) is 6.26. The van der Waals surface area contributed by atoms with Crippen molar-refractivity contribution in [3.05, 3.63) is 47.5 Å². The van der Waals surface area contributed by atoms with Crippen molar-refractivity contribution in [2.45, 2.75) is 27.7 Å². The number of methoxy groups -OCH3 is 1. The molecule has 0 amide bonds. The fourth-order valence-electron chi connectivity index (χ4n) is 3.18. The van der Waals surface area contributed by atoms with Gasteiger partial charge >= 0.3 is 11.9 Å². The minimum atomic E-state index is -0.542. The number of rotatable bonds is 9. The summed E-state index contributed by atoms with van der Waals surface area (Å²) < 4.78 is 15.7. The first-order chi connectivity index (χ1) is 14.0. The number of hydrogen-bond donors (Lipinski definition) is 0. The molecule has 6 nitrogen and oxygen atoms in total. The van der Waals surface area contributed by atoms with Gasteiger partial charge in [-0.3, -0.25) is 0 Å². The van der Waals surface area contributed by atoms with Crippen LogP contribution in [0.1, 0.15) is 48.4 Å². The molecule has 2 rings (SSSR count). The first-order valence-corrected chi connectivity index (χ1v) is 9.92. The second kappa shape index (κ2) is 10.5. The predicted octanol–water partition coefficient (Wildman–Crippen LogP) is 4.56. The summed E-state index contributed by atoms with van der Waals surface area (Å²) in [4.78, 5) is 27.6. The van der Waals surface area contributed by atoms with Crippen molar-refractivity contribution >= 4 is 17.6 Å². The zero-order chi connectivity index (χ0) is 21.4. The van der Waals surface area contributed by atoms with Gasteiger partial charge < -0.3 is 19.1 Å². The van der Waals surface area contributed by atoms with Crippen LogP contribution in [0.5, 0.6) is 5.75 Å². The summed E-state index contributed by atoms with van der Waals surface area (Å²) in [6.07, 6.45) is 0. The van der Waals surface area contributed by atoms with Crippen molar-refractivity contribution in [2.24, 2.45) is 0 Å². The van der Waals surface area contributed by atoms with Crippen LogP contribution < -0.4 is 9.64 Å². The normalized spacial score (nSPS) is 10.4. The number of carbonyl (C=O) groups is 2. The molecule has 0 aliphatic heterocycles. The fourth-order valence-corrected chi connectivity index (χ4v) is 3.18. The second-order valence-electron chi connectivity index (χ2n) is 6.26. The van der Waals surface area contributed by atoms with Crippen molar-refractivity contribution in [2.75, 3.05) is 38.3 Å². The van der Waals surface area contributed by atoms with Crippen LogP contribution in [0.2, 0.25) is 0 Å². The minimum absolute atomic E-state index is 0.209. The van der Waals surface area contributed by atoms with Gasteiger partial charge in [-0.05, 0) is 63.1 Å². The first-order valence-electron chi connectivity index (χ1n) is 9.92. The SMILES string of the molecule is CCOC(=O)c1cc(-c2ccc(OC)cc2)cc(N(CC)CC)c1C(=O)OCC. The number of ether oxygens (including phenoxy) is 3. The summed E-state index contributed by atoms with van der Waals surface area (Å²) in [5.74, 6) is -0.329. The smallest absolute Gasteiger partial charge is 0.341 e. The Kier molecular flexibility index (Phi) is 8.07. The first kappa shape index (κ1) is 22.3. The summed E-state index contributed by atoms with van der Waals surface area (Å²) in [5, 5.41) is 0. The van der Waals surface area contributed by atoms with E-state index >= 15 is 0 Å². The third-order valence-corrected chi connectivity index (χ3v) is 4.62. The zero-order valence-corrected chi connectivity index (χ0v) is 17.8. The Morgan fingerprint density at radius 3 is 1.93 bits per heavy atom. The van der Waals surface area contributed by atoms with Crippen LogP contribution in [-0.2, 0) is 9.47 Å². The van der Waals surface area contributed by atoms with Crippen LogP contribution in [0, 0.1) is 0 Å². The van der Waals surface area contributed by atoms with Gasteiger partial charge in [0.2, 0.25) is 0 Å². The predicted molar refractivity (Wildman–Crippen MR) is 114 cm³/mol. The molecule has 0 aliphatic rings. The van der Waals surface area contributed by atoms with Crippen LogP contribution in [0.25, 0.3) is 11.1 Å². The summed E-state index contributed by atoms with van der Waals surface area (Å²) in [6.45, 7) is 9.28. The van der Waals surface area contributed by atoms with Gasteiger partial charge in [0.1, 0.15) is 5.75 Å². The average Bonchev–Trinajstić information content (AvgIpc) is 2.74. The van der Waals surface area contributed by atoms with E-state index in [1.165, 1.54) is 0 Å². The molecule has 0 heterocycles. The average molecular weight is 399 g/mol. The third kappa shape index (κ3) is 5.08. The van der Waals surface area contributed by atoms with E-state index in [0.717, 1.165) is 16.9 Å². The maximum Gasteiger partial charge on any atom is 0.341 e. The molecule has 2 aromatic rings. The number of hydrogen-bond acceptors (Lipinski definition) is 6. The summed E-state index contributed by atoms with van der Waals surface area (Å²) in [6, 6.07) is 11.2. The highest BCUT2D eigenvalue weighted by Crippen LogP contribution is 2.33. The molecule has 0 saturated heterocycles. The molecule has 0 bridgehead atoms. The Balaban J connectivity index is 2.75. The standard InChI is InChI=1S/C23H29NO5/c1-6-24(7-2)20-15-17(16-10-12-18(27-5)13-11-16)14-19(22(25)28-8-3)21(20)23(26)29-9-4/h10-15H,6-9H2,1-5H3. The highest BCUT2D eigenvalue weighted by molar-refractivity contribution is 6.08. The van der Waals surface area contributed by atoms with Gasteiger partial charge in [0, 0.05) is 13.1 Å². The Bertz CT molecular complexity index is 841. The lowest BCUT2D eigenvalue weighted by Crippen LogP contribution is -2.26. The maximum atomic E-state index is 12.8. The van der Waals surface area contributed by atoms with Gasteiger partial charge in [0.15, 0.2) is 0 Å². The lowest BCUT2D eigenvalue weighted by molar-refractivity contribution is 0.0479. The van der Waals surface area contributed by atoms with Crippen molar-refractivity contribution in [3.63, 3.8) is 0 Å². The van der Waals surface area contributed by atoms with Gasteiger partial charge in [-0.15, -0.1) is 0 Å². The molecular weight excluding hydrogens is 370 g/mol. The Hall–Kier alpha value is -3.02. The summed E-state index contributed by atoms with van der Waals surface area (Å²) in [5.41, 5.74) is 2.82. The number of anilines is 1. The highest BCUT2D eigenvalue weighted by atomic mass is 16.5. The van der Waals surface area contributed by atoms with E-state index in [0.29, 0.717) is 18.8 Å². The molecule has 0 aromatic heterocycles. The minimum Gasteiger partial charge on any atom is -0.497 e. The maximum absolute atomic E-state index is 12.8. The van der Waals surface area contributed by atoms with E-state index in [1.807, 2.05) is 49.1 Å². The molecule has 0 fully saturated rings. The van der Waals surface area contributed by atoms with E-state index in [2.05, 4.69) is 0 Å².